The van der Waals surface area contributed by atoms with Crippen LogP contribution in [0.4, 0.5) is 0 Å². The van der Waals surface area contributed by atoms with Gasteiger partial charge in [-0.3, -0.25) is 4.98 Å². The molecule has 1 nitrogen and oxygen atoms in total. The Kier molecular flexibility index (Phi) is 4.16. The summed E-state index contributed by atoms with van der Waals surface area (Å²) in [5.41, 5.74) is 1.80. The topological polar surface area (TPSA) is 12.9 Å². The second-order valence-corrected chi connectivity index (χ2v) is 6.54. The first-order valence-electron chi connectivity index (χ1n) is 5.41. The van der Waals surface area contributed by atoms with Gasteiger partial charge in [0.25, 0.3) is 0 Å². The van der Waals surface area contributed by atoms with Crippen molar-refractivity contribution in [1.29, 1.82) is 0 Å². The molecule has 0 N–H and O–H groups in total. The fraction of sp³-hybridized carbons (Fsp3) is 0.308. The lowest BCUT2D eigenvalue weighted by molar-refractivity contribution is 0.637. The minimum Gasteiger partial charge on any atom is -0.251 e. The molecule has 0 atom stereocenters. The molecule has 0 unspecified atom stereocenters. The van der Waals surface area contributed by atoms with Crippen molar-refractivity contribution in [3.8, 4) is 0 Å². The van der Waals surface area contributed by atoms with Crippen molar-refractivity contribution in [2.75, 3.05) is 0 Å². The van der Waals surface area contributed by atoms with Crippen LogP contribution in [-0.2, 0) is 6.42 Å². The Morgan fingerprint density at radius 3 is 2.53 bits per heavy atom. The zero-order valence-corrected chi connectivity index (χ0v) is 13.3. The van der Waals surface area contributed by atoms with E-state index in [1.807, 2.05) is 18.2 Å². The van der Waals surface area contributed by atoms with E-state index in [4.69, 9.17) is 23.2 Å². The molecular formula is C13H12Cl2IN. The lowest BCUT2D eigenvalue weighted by atomic mass is 10.1. The first kappa shape index (κ1) is 13.4. The quantitative estimate of drug-likeness (QED) is 0.641. The third-order valence-electron chi connectivity index (χ3n) is 2.45. The summed E-state index contributed by atoms with van der Waals surface area (Å²) in [5.74, 6) is 0.554. The number of hydrogen-bond acceptors (Lipinski definition) is 1. The molecule has 0 radical (unpaired) electrons. The molecule has 1 aromatic heterocycles. The average Bonchev–Trinajstić information content (AvgIpc) is 2.19. The molecule has 90 valence electrons. The van der Waals surface area contributed by atoms with Crippen molar-refractivity contribution >= 4 is 56.7 Å². The van der Waals surface area contributed by atoms with Gasteiger partial charge >= 0.3 is 0 Å². The molecule has 0 aliphatic heterocycles. The van der Waals surface area contributed by atoms with Crippen LogP contribution in [0, 0.1) is 9.49 Å². The van der Waals surface area contributed by atoms with Gasteiger partial charge < -0.3 is 0 Å². The number of nitrogens with zero attached hydrogens (tertiary/aromatic N) is 1. The average molecular weight is 380 g/mol. The zero-order valence-electron chi connectivity index (χ0n) is 9.60. The second-order valence-electron chi connectivity index (χ2n) is 4.48. The maximum absolute atomic E-state index is 6.29. The summed E-state index contributed by atoms with van der Waals surface area (Å²) in [6.45, 7) is 4.32. The molecule has 0 spiro atoms. The van der Waals surface area contributed by atoms with E-state index in [1.165, 1.54) is 0 Å². The Bertz CT molecular complexity index is 567. The summed E-state index contributed by atoms with van der Waals surface area (Å²) < 4.78 is 1.07. The Labute approximate surface area is 125 Å². The highest BCUT2D eigenvalue weighted by Gasteiger charge is 2.09. The fourth-order valence-electron chi connectivity index (χ4n) is 1.78. The van der Waals surface area contributed by atoms with Crippen LogP contribution < -0.4 is 0 Å². The highest BCUT2D eigenvalue weighted by molar-refractivity contribution is 14.1. The Balaban J connectivity index is 2.64. The Morgan fingerprint density at radius 1 is 1.18 bits per heavy atom. The molecule has 0 bridgehead atoms. The molecule has 1 heterocycles. The molecule has 2 rings (SSSR count). The van der Waals surface area contributed by atoms with Gasteiger partial charge in [-0.1, -0.05) is 37.0 Å². The van der Waals surface area contributed by atoms with E-state index >= 15 is 0 Å². The van der Waals surface area contributed by atoms with Crippen molar-refractivity contribution in [1.82, 2.24) is 4.98 Å². The molecule has 1 aromatic carbocycles. The van der Waals surface area contributed by atoms with E-state index in [-0.39, 0.29) is 0 Å². The normalized spacial score (nSPS) is 11.4. The smallest absolute Gasteiger partial charge is 0.0907 e. The van der Waals surface area contributed by atoms with Crippen LogP contribution in [0.15, 0.2) is 18.2 Å². The molecule has 0 amide bonds. The molecule has 4 heteroatoms. The lowest BCUT2D eigenvalue weighted by Crippen LogP contribution is -1.98. The number of aromatic nitrogens is 1. The Morgan fingerprint density at radius 2 is 1.88 bits per heavy atom. The van der Waals surface area contributed by atoms with E-state index in [1.54, 1.807) is 0 Å². The van der Waals surface area contributed by atoms with Gasteiger partial charge in [0, 0.05) is 14.7 Å². The van der Waals surface area contributed by atoms with Gasteiger partial charge in [0.15, 0.2) is 0 Å². The SMILES string of the molecule is CC(C)Cc1cc(Cl)c2cc(I)cc(Cl)c2n1. The van der Waals surface area contributed by atoms with Crippen LogP contribution in [0.25, 0.3) is 10.9 Å². The monoisotopic (exact) mass is 379 g/mol. The van der Waals surface area contributed by atoms with Crippen LogP contribution in [0.2, 0.25) is 10.0 Å². The minimum atomic E-state index is 0.554. The second kappa shape index (κ2) is 5.29. The molecule has 0 saturated carbocycles. The number of benzene rings is 1. The van der Waals surface area contributed by atoms with Crippen LogP contribution >= 0.6 is 45.8 Å². The van der Waals surface area contributed by atoms with Gasteiger partial charge in [0.1, 0.15) is 0 Å². The maximum Gasteiger partial charge on any atom is 0.0907 e. The van der Waals surface area contributed by atoms with Gasteiger partial charge in [0.05, 0.1) is 15.6 Å². The van der Waals surface area contributed by atoms with Crippen molar-refractivity contribution in [3.63, 3.8) is 0 Å². The number of fused-ring (bicyclic) bond motifs is 1. The zero-order chi connectivity index (χ0) is 12.6. The van der Waals surface area contributed by atoms with Gasteiger partial charge in [-0.25, -0.2) is 0 Å². The summed E-state index contributed by atoms with van der Waals surface area (Å²) in [7, 11) is 0. The summed E-state index contributed by atoms with van der Waals surface area (Å²) in [4.78, 5) is 4.60. The van der Waals surface area contributed by atoms with E-state index in [2.05, 4.69) is 41.4 Å². The van der Waals surface area contributed by atoms with E-state index < -0.39 is 0 Å². The molecule has 0 saturated heterocycles. The summed E-state index contributed by atoms with van der Waals surface area (Å²) >= 11 is 14.7. The van der Waals surface area contributed by atoms with Gasteiger partial charge in [-0.05, 0) is 53.1 Å². The Hall–Kier alpha value is -0.0600. The first-order valence-corrected chi connectivity index (χ1v) is 7.25. The van der Waals surface area contributed by atoms with Crippen molar-refractivity contribution < 1.29 is 0 Å². The summed E-state index contributed by atoms with van der Waals surface area (Å²) in [6, 6.07) is 5.86. The van der Waals surface area contributed by atoms with Gasteiger partial charge in [-0.2, -0.15) is 0 Å². The third kappa shape index (κ3) is 3.04. The molecule has 17 heavy (non-hydrogen) atoms. The summed E-state index contributed by atoms with van der Waals surface area (Å²) in [6.07, 6.45) is 0.915. The van der Waals surface area contributed by atoms with Crippen molar-refractivity contribution in [2.45, 2.75) is 20.3 Å². The minimum absolute atomic E-state index is 0.554. The molecule has 0 fully saturated rings. The van der Waals surface area contributed by atoms with Crippen LogP contribution in [0.5, 0.6) is 0 Å². The lowest BCUT2D eigenvalue weighted by Gasteiger charge is -2.09. The fourth-order valence-corrected chi connectivity index (χ4v) is 3.12. The standard InChI is InChI=1S/C13H12Cl2IN/c1-7(2)3-9-6-11(14)10-4-8(16)5-12(15)13(10)17-9/h4-7H,3H2,1-2H3. The molecule has 2 aromatic rings. The van der Waals surface area contributed by atoms with E-state index in [0.717, 1.165) is 31.6 Å². The van der Waals surface area contributed by atoms with Gasteiger partial charge in [0.2, 0.25) is 0 Å². The highest BCUT2D eigenvalue weighted by atomic mass is 127. The molecular weight excluding hydrogens is 368 g/mol. The van der Waals surface area contributed by atoms with Crippen molar-refractivity contribution in [3.05, 3.63) is 37.5 Å². The van der Waals surface area contributed by atoms with E-state index in [9.17, 15) is 0 Å². The number of rotatable bonds is 2. The molecule has 0 aliphatic carbocycles. The van der Waals surface area contributed by atoms with Gasteiger partial charge in [-0.15, -0.1) is 0 Å². The van der Waals surface area contributed by atoms with Crippen LogP contribution in [0.3, 0.4) is 0 Å². The maximum atomic E-state index is 6.29. The summed E-state index contributed by atoms with van der Waals surface area (Å²) in [5, 5.41) is 2.32. The predicted molar refractivity (Wildman–Crippen MR) is 83.0 cm³/mol. The highest BCUT2D eigenvalue weighted by Crippen LogP contribution is 2.31. The largest absolute Gasteiger partial charge is 0.251 e. The number of pyridine rings is 1. The third-order valence-corrected chi connectivity index (χ3v) is 3.68. The number of hydrogen-bond donors (Lipinski definition) is 0. The first-order chi connectivity index (χ1) is 7.97. The van der Waals surface area contributed by atoms with E-state index in [0.29, 0.717) is 10.9 Å². The van der Waals surface area contributed by atoms with Crippen molar-refractivity contribution in [2.24, 2.45) is 5.92 Å². The van der Waals surface area contributed by atoms with Crippen LogP contribution in [0.1, 0.15) is 19.5 Å². The predicted octanol–water partition coefficient (Wildman–Crippen LogP) is 5.34. The van der Waals surface area contributed by atoms with Crippen LogP contribution in [-0.4, -0.2) is 4.98 Å². The molecule has 0 aliphatic rings. The number of halogens is 3.